The summed E-state index contributed by atoms with van der Waals surface area (Å²) in [7, 11) is 0. The fourth-order valence-electron chi connectivity index (χ4n) is 3.22. The SMILES string of the molecule is O=C(COCc1ccccc1)N(Cc1ccccc1)Cc1ccc2c(c1)OCO2. The van der Waals surface area contributed by atoms with Gasteiger partial charge in [0.05, 0.1) is 6.61 Å². The number of ether oxygens (including phenoxy) is 3. The quantitative estimate of drug-likeness (QED) is 0.580. The Hall–Kier alpha value is -3.31. The van der Waals surface area contributed by atoms with E-state index in [0.29, 0.717) is 19.7 Å². The maximum atomic E-state index is 12.9. The van der Waals surface area contributed by atoms with E-state index in [4.69, 9.17) is 14.2 Å². The summed E-state index contributed by atoms with van der Waals surface area (Å²) >= 11 is 0. The molecule has 1 amide bonds. The molecule has 1 aliphatic heterocycles. The van der Waals surface area contributed by atoms with E-state index < -0.39 is 0 Å². The second kappa shape index (κ2) is 9.26. The number of amides is 1. The third-order valence-corrected chi connectivity index (χ3v) is 4.72. The van der Waals surface area contributed by atoms with Crippen LogP contribution in [0.2, 0.25) is 0 Å². The summed E-state index contributed by atoms with van der Waals surface area (Å²) in [5.41, 5.74) is 3.11. The van der Waals surface area contributed by atoms with E-state index in [0.717, 1.165) is 28.2 Å². The number of fused-ring (bicyclic) bond motifs is 1. The van der Waals surface area contributed by atoms with E-state index in [1.165, 1.54) is 0 Å². The van der Waals surface area contributed by atoms with Gasteiger partial charge in [-0.15, -0.1) is 0 Å². The molecule has 0 aromatic heterocycles. The van der Waals surface area contributed by atoms with Gasteiger partial charge >= 0.3 is 0 Å². The summed E-state index contributed by atoms with van der Waals surface area (Å²) in [6.45, 7) is 1.67. The molecule has 3 aromatic rings. The van der Waals surface area contributed by atoms with Crippen molar-refractivity contribution in [2.75, 3.05) is 13.4 Å². The van der Waals surface area contributed by atoms with Crippen molar-refractivity contribution < 1.29 is 19.0 Å². The maximum Gasteiger partial charge on any atom is 0.249 e. The van der Waals surface area contributed by atoms with Gasteiger partial charge in [-0.2, -0.15) is 0 Å². The fourth-order valence-corrected chi connectivity index (χ4v) is 3.22. The van der Waals surface area contributed by atoms with Crippen LogP contribution in [-0.4, -0.2) is 24.2 Å². The molecule has 148 valence electrons. The molecule has 3 aromatic carbocycles. The van der Waals surface area contributed by atoms with Crippen LogP contribution in [0.25, 0.3) is 0 Å². The minimum absolute atomic E-state index is 0.0340. The minimum Gasteiger partial charge on any atom is -0.454 e. The number of nitrogens with zero attached hydrogens (tertiary/aromatic N) is 1. The largest absolute Gasteiger partial charge is 0.454 e. The lowest BCUT2D eigenvalue weighted by Crippen LogP contribution is -2.33. The molecule has 0 N–H and O–H groups in total. The van der Waals surface area contributed by atoms with E-state index in [2.05, 4.69) is 0 Å². The Morgan fingerprint density at radius 3 is 2.21 bits per heavy atom. The Balaban J connectivity index is 1.43. The van der Waals surface area contributed by atoms with Gasteiger partial charge in [-0.05, 0) is 28.8 Å². The van der Waals surface area contributed by atoms with Crippen LogP contribution in [0.3, 0.4) is 0 Å². The Morgan fingerprint density at radius 2 is 1.45 bits per heavy atom. The van der Waals surface area contributed by atoms with Gasteiger partial charge in [0.25, 0.3) is 0 Å². The lowest BCUT2D eigenvalue weighted by Gasteiger charge is -2.23. The maximum absolute atomic E-state index is 12.9. The van der Waals surface area contributed by atoms with Crippen LogP contribution in [-0.2, 0) is 29.2 Å². The van der Waals surface area contributed by atoms with E-state index in [-0.39, 0.29) is 19.3 Å². The van der Waals surface area contributed by atoms with Crippen molar-refractivity contribution >= 4 is 5.91 Å². The Bertz CT molecular complexity index is 944. The zero-order chi connectivity index (χ0) is 19.9. The van der Waals surface area contributed by atoms with Gasteiger partial charge < -0.3 is 19.1 Å². The lowest BCUT2D eigenvalue weighted by atomic mass is 10.1. The third-order valence-electron chi connectivity index (χ3n) is 4.72. The normalized spacial score (nSPS) is 12.0. The Kier molecular flexibility index (Phi) is 6.07. The molecule has 5 nitrogen and oxygen atoms in total. The highest BCUT2D eigenvalue weighted by Crippen LogP contribution is 2.33. The van der Waals surface area contributed by atoms with Crippen molar-refractivity contribution in [2.24, 2.45) is 0 Å². The predicted octanol–water partition coefficient (Wildman–Crippen LogP) is 4.16. The van der Waals surface area contributed by atoms with Gasteiger partial charge in [0.2, 0.25) is 12.7 Å². The highest BCUT2D eigenvalue weighted by Gasteiger charge is 2.18. The molecule has 4 rings (SSSR count). The average molecular weight is 389 g/mol. The summed E-state index contributed by atoms with van der Waals surface area (Å²) in [5, 5.41) is 0. The summed E-state index contributed by atoms with van der Waals surface area (Å²) < 4.78 is 16.5. The highest BCUT2D eigenvalue weighted by molar-refractivity contribution is 5.77. The third kappa shape index (κ3) is 5.15. The first kappa shape index (κ1) is 19.0. The smallest absolute Gasteiger partial charge is 0.249 e. The van der Waals surface area contributed by atoms with Gasteiger partial charge in [-0.25, -0.2) is 0 Å². The number of hydrogen-bond donors (Lipinski definition) is 0. The minimum atomic E-state index is -0.0533. The van der Waals surface area contributed by atoms with Crippen LogP contribution in [0.1, 0.15) is 16.7 Å². The molecule has 0 aliphatic carbocycles. The molecule has 0 unspecified atom stereocenters. The number of rotatable bonds is 8. The van der Waals surface area contributed by atoms with E-state index in [1.807, 2.05) is 78.9 Å². The van der Waals surface area contributed by atoms with Crippen LogP contribution in [0.4, 0.5) is 0 Å². The topological polar surface area (TPSA) is 48.0 Å². The lowest BCUT2D eigenvalue weighted by molar-refractivity contribution is -0.137. The molecular weight excluding hydrogens is 366 g/mol. The van der Waals surface area contributed by atoms with Crippen LogP contribution < -0.4 is 9.47 Å². The number of benzene rings is 3. The van der Waals surface area contributed by atoms with E-state index in [1.54, 1.807) is 4.90 Å². The first-order valence-electron chi connectivity index (χ1n) is 9.60. The summed E-state index contributed by atoms with van der Waals surface area (Å²) in [6, 6.07) is 25.6. The van der Waals surface area contributed by atoms with Crippen molar-refractivity contribution in [3.8, 4) is 11.5 Å². The molecule has 0 fully saturated rings. The second-order valence-electron chi connectivity index (χ2n) is 6.90. The Morgan fingerprint density at radius 1 is 0.793 bits per heavy atom. The van der Waals surface area contributed by atoms with Crippen molar-refractivity contribution in [3.63, 3.8) is 0 Å². The van der Waals surface area contributed by atoms with Gasteiger partial charge in [-0.1, -0.05) is 66.7 Å². The van der Waals surface area contributed by atoms with Crippen LogP contribution in [0.15, 0.2) is 78.9 Å². The summed E-state index contributed by atoms with van der Waals surface area (Å²) in [4.78, 5) is 14.7. The Labute approximate surface area is 170 Å². The zero-order valence-electron chi connectivity index (χ0n) is 16.1. The standard InChI is InChI=1S/C24H23NO4/c26-24(17-27-16-20-9-5-2-6-10-20)25(14-19-7-3-1-4-8-19)15-21-11-12-22-23(13-21)29-18-28-22/h1-13H,14-18H2. The van der Waals surface area contributed by atoms with Gasteiger partial charge in [-0.3, -0.25) is 4.79 Å². The molecule has 0 bridgehead atoms. The molecule has 0 radical (unpaired) electrons. The van der Waals surface area contributed by atoms with Crippen LogP contribution in [0, 0.1) is 0 Å². The predicted molar refractivity (Wildman–Crippen MR) is 109 cm³/mol. The molecule has 1 heterocycles. The molecular formula is C24H23NO4. The molecule has 0 atom stereocenters. The highest BCUT2D eigenvalue weighted by atomic mass is 16.7. The molecule has 0 spiro atoms. The average Bonchev–Trinajstić information content (AvgIpc) is 3.23. The van der Waals surface area contributed by atoms with Gasteiger partial charge in [0, 0.05) is 13.1 Å². The van der Waals surface area contributed by atoms with Gasteiger partial charge in [0.15, 0.2) is 11.5 Å². The molecule has 5 heteroatoms. The first-order valence-corrected chi connectivity index (χ1v) is 9.60. The molecule has 1 aliphatic rings. The monoisotopic (exact) mass is 389 g/mol. The van der Waals surface area contributed by atoms with Gasteiger partial charge in [0.1, 0.15) is 6.61 Å². The van der Waals surface area contributed by atoms with Crippen LogP contribution >= 0.6 is 0 Å². The molecule has 29 heavy (non-hydrogen) atoms. The summed E-state index contributed by atoms with van der Waals surface area (Å²) in [6.07, 6.45) is 0. The van der Waals surface area contributed by atoms with Crippen molar-refractivity contribution in [1.29, 1.82) is 0 Å². The zero-order valence-corrected chi connectivity index (χ0v) is 16.1. The summed E-state index contributed by atoms with van der Waals surface area (Å²) in [5.74, 6) is 1.40. The fraction of sp³-hybridized carbons (Fsp3) is 0.208. The van der Waals surface area contributed by atoms with E-state index >= 15 is 0 Å². The van der Waals surface area contributed by atoms with Crippen LogP contribution in [0.5, 0.6) is 11.5 Å². The first-order chi connectivity index (χ1) is 14.3. The van der Waals surface area contributed by atoms with E-state index in [9.17, 15) is 4.79 Å². The molecule has 0 saturated heterocycles. The van der Waals surface area contributed by atoms with Crippen molar-refractivity contribution in [3.05, 3.63) is 95.6 Å². The van der Waals surface area contributed by atoms with Crippen molar-refractivity contribution in [2.45, 2.75) is 19.7 Å². The van der Waals surface area contributed by atoms with Crippen molar-refractivity contribution in [1.82, 2.24) is 4.90 Å². The second-order valence-corrected chi connectivity index (χ2v) is 6.90. The number of carbonyl (C=O) groups excluding carboxylic acids is 1. The number of hydrogen-bond acceptors (Lipinski definition) is 4. The number of carbonyl (C=O) groups is 1. The molecule has 0 saturated carbocycles.